The minimum Gasteiger partial charge on any atom is -0.331 e. The molecule has 0 aromatic heterocycles. The molecule has 0 radical (unpaired) electrons. The normalized spacial score (nSPS) is 11.4. The largest absolute Gasteiger partial charge is 0.331 e. The van der Waals surface area contributed by atoms with Crippen LogP contribution in [-0.4, -0.2) is 5.54 Å². The number of hydrogen-bond donors (Lipinski definition) is 0. The lowest BCUT2D eigenvalue weighted by atomic mass is 9.92. The second-order valence-corrected chi connectivity index (χ2v) is 8.54. The Hall–Kier alpha value is -3.46. The molecular weight excluding hydrogens is 388 g/mol. The van der Waals surface area contributed by atoms with Crippen LogP contribution in [-0.2, 0) is 0 Å². The summed E-state index contributed by atoms with van der Waals surface area (Å²) in [4.78, 5) is 1.74. The number of anilines is 2. The molecule has 0 unspecified atom stereocenters. The van der Waals surface area contributed by atoms with Crippen molar-refractivity contribution in [3.05, 3.63) is 109 Å². The Morgan fingerprint density at radius 2 is 1.03 bits per heavy atom. The van der Waals surface area contributed by atoms with E-state index in [-0.39, 0.29) is 5.82 Å². The number of hydrogen-bond acceptors (Lipinski definition) is 1. The minimum atomic E-state index is -0.550. The van der Waals surface area contributed by atoms with Crippen molar-refractivity contribution in [2.24, 2.45) is 0 Å². The zero-order valence-electron chi connectivity index (χ0n) is 17.9. The summed E-state index contributed by atoms with van der Waals surface area (Å²) in [5, 5.41) is 0. The number of rotatable bonds is 4. The lowest BCUT2D eigenvalue weighted by molar-refractivity contribution is 0.527. The Morgan fingerprint density at radius 1 is 0.548 bits per heavy atom. The molecule has 0 aliphatic carbocycles. The first-order valence-electron chi connectivity index (χ1n) is 10.4. The van der Waals surface area contributed by atoms with E-state index in [9.17, 15) is 4.39 Å². The second-order valence-electron chi connectivity index (χ2n) is 8.54. The Labute approximate surface area is 182 Å². The van der Waals surface area contributed by atoms with Crippen LogP contribution in [0.3, 0.4) is 0 Å². The van der Waals surface area contributed by atoms with Gasteiger partial charge in [0.2, 0.25) is 0 Å². The summed E-state index contributed by atoms with van der Waals surface area (Å²) in [7, 11) is 0. The van der Waals surface area contributed by atoms with Crippen LogP contribution < -0.4 is 4.90 Å². The first-order valence-corrected chi connectivity index (χ1v) is 10.4. The predicted octanol–water partition coefficient (Wildman–Crippen LogP) is 8.24. The Morgan fingerprint density at radius 3 is 1.55 bits per heavy atom. The van der Waals surface area contributed by atoms with E-state index in [0.717, 1.165) is 22.3 Å². The molecule has 0 atom stereocenters. The first kappa shape index (κ1) is 20.8. The summed E-state index contributed by atoms with van der Waals surface area (Å²) in [6, 6.07) is 29.6. The van der Waals surface area contributed by atoms with Gasteiger partial charge < -0.3 is 4.90 Å². The van der Waals surface area contributed by atoms with Gasteiger partial charge in [-0.2, -0.15) is 0 Å². The lowest BCUT2D eigenvalue weighted by Crippen LogP contribution is -2.38. The summed E-state index contributed by atoms with van der Waals surface area (Å²) in [6.07, 6.45) is 0. The van der Waals surface area contributed by atoms with Gasteiger partial charge in [-0.1, -0.05) is 72.8 Å². The summed E-state index contributed by atoms with van der Waals surface area (Å²) in [6.45, 7) is 5.85. The van der Waals surface area contributed by atoms with Gasteiger partial charge in [-0.15, -0.1) is 0 Å². The molecule has 31 heavy (non-hydrogen) atoms. The van der Waals surface area contributed by atoms with Crippen LogP contribution in [0.15, 0.2) is 97.1 Å². The second kappa shape index (κ2) is 8.35. The van der Waals surface area contributed by atoms with Crippen molar-refractivity contribution in [2.75, 3.05) is 4.90 Å². The topological polar surface area (TPSA) is 3.24 Å². The van der Waals surface area contributed by atoms with Crippen LogP contribution in [0.25, 0.3) is 22.3 Å². The quantitative estimate of drug-likeness (QED) is 0.326. The van der Waals surface area contributed by atoms with Gasteiger partial charge in [-0.05, 0) is 67.3 Å². The van der Waals surface area contributed by atoms with Crippen LogP contribution in [0.5, 0.6) is 0 Å². The van der Waals surface area contributed by atoms with Gasteiger partial charge in [-0.3, -0.25) is 0 Å². The molecule has 0 amide bonds. The van der Waals surface area contributed by atoms with E-state index in [0.29, 0.717) is 11.4 Å². The average molecular weight is 414 g/mol. The van der Waals surface area contributed by atoms with Crippen molar-refractivity contribution in [1.29, 1.82) is 0 Å². The zero-order valence-corrected chi connectivity index (χ0v) is 17.9. The maximum absolute atomic E-state index is 15.7. The third kappa shape index (κ3) is 4.22. The maximum atomic E-state index is 15.7. The highest BCUT2D eigenvalue weighted by Crippen LogP contribution is 2.42. The summed E-state index contributed by atoms with van der Waals surface area (Å²) in [5.74, 6) is -0.776. The molecule has 0 heterocycles. The average Bonchev–Trinajstić information content (AvgIpc) is 2.76. The zero-order chi connectivity index (χ0) is 22.0. The fraction of sp³-hybridized carbons (Fsp3) is 0.143. The third-order valence-corrected chi connectivity index (χ3v) is 5.26. The lowest BCUT2D eigenvalue weighted by Gasteiger charge is -2.38. The molecule has 1 nitrogen and oxygen atoms in total. The van der Waals surface area contributed by atoms with Gasteiger partial charge in [0.05, 0.1) is 11.4 Å². The Balaban J connectivity index is 2.00. The van der Waals surface area contributed by atoms with Crippen molar-refractivity contribution < 1.29 is 8.78 Å². The first-order chi connectivity index (χ1) is 14.9. The SMILES string of the molecule is CC(C)(C)N(c1ccccc1F)c1cc(-c2ccccc2)c(-c2ccccc2)cc1F. The van der Waals surface area contributed by atoms with Gasteiger partial charge in [0.1, 0.15) is 11.6 Å². The van der Waals surface area contributed by atoms with Crippen LogP contribution in [0.2, 0.25) is 0 Å². The van der Waals surface area contributed by atoms with E-state index in [4.69, 9.17) is 0 Å². The van der Waals surface area contributed by atoms with E-state index < -0.39 is 11.4 Å². The minimum absolute atomic E-state index is 0.344. The monoisotopic (exact) mass is 413 g/mol. The number of halogens is 2. The Bertz CT molecular complexity index is 1180. The smallest absolute Gasteiger partial charge is 0.147 e. The molecule has 0 N–H and O–H groups in total. The van der Waals surface area contributed by atoms with Gasteiger partial charge in [-0.25, -0.2) is 8.78 Å². The molecule has 4 rings (SSSR count). The molecule has 0 aliphatic rings. The van der Waals surface area contributed by atoms with Crippen LogP contribution in [0.1, 0.15) is 20.8 Å². The number of benzene rings is 4. The molecule has 0 fully saturated rings. The molecule has 0 bridgehead atoms. The van der Waals surface area contributed by atoms with Gasteiger partial charge in [0.25, 0.3) is 0 Å². The molecule has 0 saturated heterocycles. The molecule has 0 spiro atoms. The summed E-state index contributed by atoms with van der Waals surface area (Å²) >= 11 is 0. The fourth-order valence-electron chi connectivity index (χ4n) is 3.93. The highest BCUT2D eigenvalue weighted by atomic mass is 19.1. The molecule has 0 aliphatic heterocycles. The molecule has 156 valence electrons. The van der Waals surface area contributed by atoms with E-state index in [1.165, 1.54) is 6.07 Å². The number of para-hydroxylation sites is 1. The van der Waals surface area contributed by atoms with E-state index in [1.54, 1.807) is 29.2 Å². The van der Waals surface area contributed by atoms with E-state index in [2.05, 4.69) is 0 Å². The third-order valence-electron chi connectivity index (χ3n) is 5.26. The predicted molar refractivity (Wildman–Crippen MR) is 126 cm³/mol. The van der Waals surface area contributed by atoms with Crippen LogP contribution in [0.4, 0.5) is 20.2 Å². The van der Waals surface area contributed by atoms with Crippen molar-refractivity contribution in [3.8, 4) is 22.3 Å². The van der Waals surface area contributed by atoms with Gasteiger partial charge >= 0.3 is 0 Å². The molecular formula is C28H25F2N. The maximum Gasteiger partial charge on any atom is 0.147 e. The van der Waals surface area contributed by atoms with Crippen LogP contribution in [0, 0.1) is 11.6 Å². The standard InChI is InChI=1S/C28H25F2N/c1-28(2,3)31(26-17-11-10-16-24(26)29)27-19-23(21-14-8-5-9-15-21)22(18-25(27)30)20-12-6-4-7-13-20/h4-19H,1-3H3. The van der Waals surface area contributed by atoms with Gasteiger partial charge in [0.15, 0.2) is 0 Å². The summed E-state index contributed by atoms with van der Waals surface area (Å²) in [5.41, 5.74) is 3.75. The van der Waals surface area contributed by atoms with Crippen molar-refractivity contribution >= 4 is 11.4 Å². The molecule has 3 heteroatoms. The highest BCUT2D eigenvalue weighted by molar-refractivity contribution is 5.87. The van der Waals surface area contributed by atoms with Crippen LogP contribution >= 0.6 is 0 Å². The molecule has 0 saturated carbocycles. The number of nitrogens with zero attached hydrogens (tertiary/aromatic N) is 1. The fourth-order valence-corrected chi connectivity index (χ4v) is 3.93. The van der Waals surface area contributed by atoms with Gasteiger partial charge in [0, 0.05) is 5.54 Å². The molecule has 4 aromatic carbocycles. The van der Waals surface area contributed by atoms with E-state index >= 15 is 4.39 Å². The van der Waals surface area contributed by atoms with E-state index in [1.807, 2.05) is 87.5 Å². The highest BCUT2D eigenvalue weighted by Gasteiger charge is 2.29. The Kier molecular flexibility index (Phi) is 5.60. The summed E-state index contributed by atoms with van der Waals surface area (Å²) < 4.78 is 30.5. The van der Waals surface area contributed by atoms with Crippen molar-refractivity contribution in [1.82, 2.24) is 0 Å². The van der Waals surface area contributed by atoms with Crippen molar-refractivity contribution in [3.63, 3.8) is 0 Å². The van der Waals surface area contributed by atoms with Crippen molar-refractivity contribution in [2.45, 2.75) is 26.3 Å². The molecule has 4 aromatic rings.